The van der Waals surface area contributed by atoms with Gasteiger partial charge in [-0.15, -0.1) is 0 Å². The minimum absolute atomic E-state index is 0.0475. The fourth-order valence-corrected chi connectivity index (χ4v) is 3.74. The Labute approximate surface area is 142 Å². The predicted molar refractivity (Wildman–Crippen MR) is 92.1 cm³/mol. The van der Waals surface area contributed by atoms with E-state index < -0.39 is 0 Å². The summed E-state index contributed by atoms with van der Waals surface area (Å²) in [6, 6.07) is 2.06. The van der Waals surface area contributed by atoms with E-state index in [0.29, 0.717) is 17.1 Å². The average Bonchev–Trinajstić information content (AvgIpc) is 3.29. The Morgan fingerprint density at radius 3 is 2.92 bits per heavy atom. The maximum absolute atomic E-state index is 12.3. The van der Waals surface area contributed by atoms with Crippen LogP contribution in [0.3, 0.4) is 0 Å². The molecule has 3 heterocycles. The minimum atomic E-state index is -0.0475. The van der Waals surface area contributed by atoms with Gasteiger partial charge in [0.25, 0.3) is 5.91 Å². The number of hydrogen-bond acceptors (Lipinski definition) is 4. The van der Waals surface area contributed by atoms with Gasteiger partial charge in [0.05, 0.1) is 11.9 Å². The monoisotopic (exact) mass is 327 g/mol. The fraction of sp³-hybridized carbons (Fsp3) is 0.611. The van der Waals surface area contributed by atoms with Crippen LogP contribution in [0.15, 0.2) is 18.5 Å². The van der Waals surface area contributed by atoms with Gasteiger partial charge in [-0.3, -0.25) is 4.79 Å². The van der Waals surface area contributed by atoms with Gasteiger partial charge in [0, 0.05) is 39.3 Å². The molecule has 1 unspecified atom stereocenters. The molecule has 128 valence electrons. The van der Waals surface area contributed by atoms with Crippen molar-refractivity contribution in [2.24, 2.45) is 5.92 Å². The molecular formula is C18H25N5O. The van der Waals surface area contributed by atoms with Crippen LogP contribution in [-0.4, -0.2) is 64.0 Å². The first-order chi connectivity index (χ1) is 11.6. The zero-order chi connectivity index (χ0) is 16.7. The van der Waals surface area contributed by atoms with Crippen molar-refractivity contribution in [3.8, 4) is 0 Å². The summed E-state index contributed by atoms with van der Waals surface area (Å²) >= 11 is 0. The van der Waals surface area contributed by atoms with Crippen LogP contribution >= 0.6 is 0 Å². The lowest BCUT2D eigenvalue weighted by atomic mass is 9.94. The summed E-state index contributed by atoms with van der Waals surface area (Å²) in [5, 5.41) is 4.48. The molecule has 2 aliphatic rings. The fourth-order valence-electron chi connectivity index (χ4n) is 3.74. The molecule has 6 heteroatoms. The topological polar surface area (TPSA) is 53.7 Å². The Balaban J connectivity index is 1.62. The Morgan fingerprint density at radius 2 is 2.17 bits per heavy atom. The number of aromatic nitrogens is 3. The second-order valence-corrected chi connectivity index (χ2v) is 7.41. The molecule has 6 nitrogen and oxygen atoms in total. The lowest BCUT2D eigenvalue weighted by molar-refractivity contribution is 0.0829. The highest BCUT2D eigenvalue weighted by Crippen LogP contribution is 2.33. The van der Waals surface area contributed by atoms with Gasteiger partial charge in [-0.05, 0) is 44.2 Å². The molecule has 4 rings (SSSR count). The van der Waals surface area contributed by atoms with Gasteiger partial charge in [-0.25, -0.2) is 9.50 Å². The van der Waals surface area contributed by atoms with Crippen LogP contribution in [-0.2, 0) is 0 Å². The molecule has 1 aliphatic carbocycles. The number of hydrogen-bond donors (Lipinski definition) is 0. The molecular weight excluding hydrogens is 302 g/mol. The highest BCUT2D eigenvalue weighted by Gasteiger charge is 2.29. The van der Waals surface area contributed by atoms with E-state index in [4.69, 9.17) is 0 Å². The molecule has 0 aromatic carbocycles. The zero-order valence-corrected chi connectivity index (χ0v) is 14.5. The summed E-state index contributed by atoms with van der Waals surface area (Å²) in [5.41, 5.74) is 2.43. The molecule has 0 bridgehead atoms. The van der Waals surface area contributed by atoms with E-state index in [1.807, 2.05) is 10.7 Å². The van der Waals surface area contributed by atoms with Crippen LogP contribution in [0.4, 0.5) is 0 Å². The summed E-state index contributed by atoms with van der Waals surface area (Å²) < 4.78 is 1.88. The van der Waals surface area contributed by atoms with Crippen LogP contribution in [0.1, 0.15) is 47.7 Å². The zero-order valence-electron chi connectivity index (χ0n) is 14.5. The Morgan fingerprint density at radius 1 is 1.33 bits per heavy atom. The second-order valence-electron chi connectivity index (χ2n) is 7.41. The Hall–Kier alpha value is -1.95. The molecule has 2 fully saturated rings. The number of rotatable bonds is 4. The number of amides is 1. The minimum Gasteiger partial charge on any atom is -0.345 e. The van der Waals surface area contributed by atoms with E-state index in [0.717, 1.165) is 12.5 Å². The number of nitrogens with zero attached hydrogens (tertiary/aromatic N) is 5. The van der Waals surface area contributed by atoms with Gasteiger partial charge in [0.1, 0.15) is 5.56 Å². The molecule has 1 saturated heterocycles. The number of carbonyl (C=O) groups is 1. The number of likely N-dealkylation sites (tertiary alicyclic amines) is 1. The summed E-state index contributed by atoms with van der Waals surface area (Å²) in [4.78, 5) is 20.9. The summed E-state index contributed by atoms with van der Waals surface area (Å²) in [6.07, 6.45) is 8.67. The van der Waals surface area contributed by atoms with Gasteiger partial charge >= 0.3 is 0 Å². The van der Waals surface area contributed by atoms with E-state index in [1.54, 1.807) is 25.2 Å². The number of carbonyl (C=O) groups excluding carboxylic acids is 1. The van der Waals surface area contributed by atoms with Crippen molar-refractivity contribution >= 4 is 11.6 Å². The molecule has 0 spiro atoms. The van der Waals surface area contributed by atoms with Crippen molar-refractivity contribution in [1.82, 2.24) is 24.4 Å². The maximum atomic E-state index is 12.3. The SMILES string of the molecule is CN(C)C(=O)c1cnn2c(C3CCCN(CC4CC4)C3)ccnc12. The van der Waals surface area contributed by atoms with Gasteiger partial charge < -0.3 is 9.80 Å². The molecule has 24 heavy (non-hydrogen) atoms. The standard InChI is InChI=1S/C18H25N5O/c1-21(2)18(24)15-10-20-23-16(7-8-19-17(15)23)14-4-3-9-22(12-14)11-13-5-6-13/h7-8,10,13-14H,3-6,9,11-12H2,1-2H3. The highest BCUT2D eigenvalue weighted by atomic mass is 16.2. The van der Waals surface area contributed by atoms with E-state index >= 15 is 0 Å². The van der Waals surface area contributed by atoms with Gasteiger partial charge in [0.2, 0.25) is 0 Å². The lowest BCUT2D eigenvalue weighted by Crippen LogP contribution is -2.36. The lowest BCUT2D eigenvalue weighted by Gasteiger charge is -2.33. The summed E-state index contributed by atoms with van der Waals surface area (Å²) in [6.45, 7) is 3.55. The van der Waals surface area contributed by atoms with Crippen LogP contribution in [0.25, 0.3) is 5.65 Å². The van der Waals surface area contributed by atoms with Crippen LogP contribution < -0.4 is 0 Å². The Kier molecular flexibility index (Phi) is 4.00. The molecule has 1 aliphatic heterocycles. The maximum Gasteiger partial charge on any atom is 0.258 e. The van der Waals surface area contributed by atoms with E-state index in [2.05, 4.69) is 21.0 Å². The first kappa shape index (κ1) is 15.6. The van der Waals surface area contributed by atoms with Crippen LogP contribution in [0.5, 0.6) is 0 Å². The molecule has 1 amide bonds. The molecule has 0 N–H and O–H groups in total. The largest absolute Gasteiger partial charge is 0.345 e. The van der Waals surface area contributed by atoms with Gasteiger partial charge in [0.15, 0.2) is 5.65 Å². The molecule has 1 saturated carbocycles. The van der Waals surface area contributed by atoms with Crippen molar-refractivity contribution in [2.75, 3.05) is 33.7 Å². The molecule has 1 atom stereocenters. The number of piperidine rings is 1. The van der Waals surface area contributed by atoms with Crippen molar-refractivity contribution in [3.05, 3.63) is 29.7 Å². The first-order valence-electron chi connectivity index (χ1n) is 8.90. The highest BCUT2D eigenvalue weighted by molar-refractivity contribution is 5.99. The third-order valence-electron chi connectivity index (χ3n) is 5.20. The Bertz CT molecular complexity index is 749. The third-order valence-corrected chi connectivity index (χ3v) is 5.20. The molecule has 2 aromatic rings. The predicted octanol–water partition coefficient (Wildman–Crippen LogP) is 2.02. The van der Waals surface area contributed by atoms with Crippen LogP contribution in [0.2, 0.25) is 0 Å². The smallest absolute Gasteiger partial charge is 0.258 e. The van der Waals surface area contributed by atoms with E-state index in [1.165, 1.54) is 44.5 Å². The van der Waals surface area contributed by atoms with Crippen molar-refractivity contribution in [2.45, 2.75) is 31.6 Å². The summed E-state index contributed by atoms with van der Waals surface area (Å²) in [5.74, 6) is 1.34. The molecule has 0 radical (unpaired) electrons. The van der Waals surface area contributed by atoms with Crippen molar-refractivity contribution < 1.29 is 4.79 Å². The van der Waals surface area contributed by atoms with Crippen molar-refractivity contribution in [1.29, 1.82) is 0 Å². The van der Waals surface area contributed by atoms with Gasteiger partial charge in [-0.2, -0.15) is 5.10 Å². The van der Waals surface area contributed by atoms with Gasteiger partial charge in [-0.1, -0.05) is 0 Å². The third kappa shape index (κ3) is 2.90. The van der Waals surface area contributed by atoms with E-state index in [-0.39, 0.29) is 5.91 Å². The van der Waals surface area contributed by atoms with Crippen LogP contribution in [0, 0.1) is 5.92 Å². The number of fused-ring (bicyclic) bond motifs is 1. The van der Waals surface area contributed by atoms with E-state index in [9.17, 15) is 4.79 Å². The van der Waals surface area contributed by atoms with Crippen molar-refractivity contribution in [3.63, 3.8) is 0 Å². The average molecular weight is 327 g/mol. The normalized spacial score (nSPS) is 22.0. The molecule has 2 aromatic heterocycles. The quantitative estimate of drug-likeness (QED) is 0.862. The second kappa shape index (κ2) is 6.16. The summed E-state index contributed by atoms with van der Waals surface area (Å²) in [7, 11) is 3.51. The first-order valence-corrected chi connectivity index (χ1v) is 8.90.